The van der Waals surface area contributed by atoms with E-state index in [9.17, 15) is 10.2 Å². The van der Waals surface area contributed by atoms with Crippen LogP contribution in [0.2, 0.25) is 0 Å². The van der Waals surface area contributed by atoms with Crippen LogP contribution in [0.5, 0.6) is 11.5 Å². The first-order valence-corrected chi connectivity index (χ1v) is 13.5. The van der Waals surface area contributed by atoms with E-state index in [0.29, 0.717) is 23.1 Å². The minimum Gasteiger partial charge on any atom is -0.508 e. The molecule has 4 aromatic carbocycles. The van der Waals surface area contributed by atoms with Crippen molar-refractivity contribution in [3.05, 3.63) is 119 Å². The van der Waals surface area contributed by atoms with Gasteiger partial charge in [0.15, 0.2) is 17.5 Å². The summed E-state index contributed by atoms with van der Waals surface area (Å²) in [7, 11) is 0. The Morgan fingerprint density at radius 3 is 2.27 bits per heavy atom. The number of aliphatic imine (C=N–C) groups is 2. The van der Waals surface area contributed by atoms with Crippen LogP contribution in [0.1, 0.15) is 34.0 Å². The predicted octanol–water partition coefficient (Wildman–Crippen LogP) is 7.00. The number of fused-ring (bicyclic) bond motifs is 4. The van der Waals surface area contributed by atoms with Gasteiger partial charge < -0.3 is 20.4 Å². The third kappa shape index (κ3) is 4.12. The molecule has 2 aliphatic heterocycles. The minimum absolute atomic E-state index is 0.00865. The lowest BCUT2D eigenvalue weighted by molar-refractivity contribution is 0.444. The average Bonchev–Trinajstić information content (AvgIpc) is 3.28. The number of hydrogen-bond donors (Lipinski definition) is 3. The van der Waals surface area contributed by atoms with E-state index in [4.69, 9.17) is 15.1 Å². The molecule has 5 aromatic rings. The van der Waals surface area contributed by atoms with Gasteiger partial charge in [0, 0.05) is 22.9 Å². The number of rotatable bonds is 3. The molecule has 0 fully saturated rings. The van der Waals surface area contributed by atoms with E-state index < -0.39 is 6.04 Å². The Hall–Kier alpha value is -5.37. The normalized spacial score (nSPS) is 15.4. The largest absolute Gasteiger partial charge is 0.508 e. The van der Waals surface area contributed by atoms with Crippen molar-refractivity contribution >= 4 is 34.6 Å². The molecule has 202 valence electrons. The van der Waals surface area contributed by atoms with Crippen LogP contribution in [0.25, 0.3) is 5.69 Å². The highest BCUT2D eigenvalue weighted by Crippen LogP contribution is 2.50. The number of nitrogens with zero attached hydrogens (tertiary/aromatic N) is 5. The SMILES string of the molecule is Cc1cc(C)cc(NC2=Nc3ccccc3N3C2=Nc2c(c(C)nn2-c2ccccc2)[C@H]3c2ccc(O)cc2O)c1. The summed E-state index contributed by atoms with van der Waals surface area (Å²) in [6.07, 6.45) is 0. The van der Waals surface area contributed by atoms with Crippen molar-refractivity contribution in [1.82, 2.24) is 9.78 Å². The molecule has 0 saturated heterocycles. The fourth-order valence-electron chi connectivity index (χ4n) is 5.79. The van der Waals surface area contributed by atoms with Gasteiger partial charge in [-0.25, -0.2) is 14.7 Å². The number of phenols is 2. The minimum atomic E-state index is -0.497. The molecular weight excluding hydrogens is 512 g/mol. The smallest absolute Gasteiger partial charge is 0.179 e. The Bertz CT molecular complexity index is 1870. The van der Waals surface area contributed by atoms with Crippen molar-refractivity contribution in [3.8, 4) is 17.2 Å². The fraction of sp³-hybridized carbons (Fsp3) is 0.121. The maximum absolute atomic E-state index is 11.2. The summed E-state index contributed by atoms with van der Waals surface area (Å²) in [6.45, 7) is 6.09. The van der Waals surface area contributed by atoms with E-state index in [1.54, 1.807) is 12.1 Å². The molecule has 0 bridgehead atoms. The van der Waals surface area contributed by atoms with E-state index in [1.807, 2.05) is 66.2 Å². The van der Waals surface area contributed by atoms with Crippen LogP contribution in [0, 0.1) is 20.8 Å². The number of anilines is 2. The summed E-state index contributed by atoms with van der Waals surface area (Å²) in [5.41, 5.74) is 7.96. The Balaban J connectivity index is 1.51. The molecule has 41 heavy (non-hydrogen) atoms. The van der Waals surface area contributed by atoms with Gasteiger partial charge >= 0.3 is 0 Å². The van der Waals surface area contributed by atoms with Gasteiger partial charge in [0.05, 0.1) is 28.8 Å². The van der Waals surface area contributed by atoms with Gasteiger partial charge in [-0.2, -0.15) is 5.10 Å². The van der Waals surface area contributed by atoms with Gasteiger partial charge in [0.2, 0.25) is 0 Å². The molecule has 7 rings (SSSR count). The maximum atomic E-state index is 11.2. The monoisotopic (exact) mass is 540 g/mol. The third-order valence-electron chi connectivity index (χ3n) is 7.43. The summed E-state index contributed by atoms with van der Waals surface area (Å²) in [6, 6.07) is 28.3. The van der Waals surface area contributed by atoms with E-state index >= 15 is 0 Å². The Morgan fingerprint density at radius 2 is 1.51 bits per heavy atom. The lowest BCUT2D eigenvalue weighted by Gasteiger charge is -2.40. The average molecular weight is 541 g/mol. The van der Waals surface area contributed by atoms with Gasteiger partial charge in [0.1, 0.15) is 11.5 Å². The van der Waals surface area contributed by atoms with Crippen LogP contribution in [0.15, 0.2) is 101 Å². The van der Waals surface area contributed by atoms with E-state index in [0.717, 1.165) is 45.1 Å². The van der Waals surface area contributed by atoms with Gasteiger partial charge in [-0.3, -0.25) is 0 Å². The van der Waals surface area contributed by atoms with Crippen LogP contribution in [-0.2, 0) is 0 Å². The molecule has 0 unspecified atom stereocenters. The van der Waals surface area contributed by atoms with Gasteiger partial charge in [-0.15, -0.1) is 0 Å². The van der Waals surface area contributed by atoms with Gasteiger partial charge in [-0.1, -0.05) is 36.4 Å². The number of para-hydroxylation sites is 3. The molecular formula is C33H28N6O2. The van der Waals surface area contributed by atoms with Crippen LogP contribution in [-0.4, -0.2) is 31.7 Å². The van der Waals surface area contributed by atoms with Crippen molar-refractivity contribution < 1.29 is 10.2 Å². The molecule has 2 aliphatic rings. The van der Waals surface area contributed by atoms with Crippen LogP contribution in [0.3, 0.4) is 0 Å². The first-order chi connectivity index (χ1) is 19.9. The highest BCUT2D eigenvalue weighted by molar-refractivity contribution is 6.51. The highest BCUT2D eigenvalue weighted by Gasteiger charge is 2.42. The highest BCUT2D eigenvalue weighted by atomic mass is 16.3. The number of amidine groups is 2. The number of aromatic hydroxyl groups is 2. The predicted molar refractivity (Wildman–Crippen MR) is 163 cm³/mol. The molecule has 8 heteroatoms. The molecule has 3 heterocycles. The fourth-order valence-corrected chi connectivity index (χ4v) is 5.79. The molecule has 3 N–H and O–H groups in total. The summed E-state index contributed by atoms with van der Waals surface area (Å²) in [5.74, 6) is 1.82. The molecule has 0 spiro atoms. The van der Waals surface area contributed by atoms with Crippen molar-refractivity contribution in [1.29, 1.82) is 0 Å². The van der Waals surface area contributed by atoms with E-state index in [2.05, 4.69) is 42.3 Å². The number of aryl methyl sites for hydroxylation is 3. The molecule has 0 radical (unpaired) electrons. The Morgan fingerprint density at radius 1 is 0.780 bits per heavy atom. The van der Waals surface area contributed by atoms with E-state index in [1.165, 1.54) is 6.07 Å². The number of hydrogen-bond acceptors (Lipinski definition) is 7. The van der Waals surface area contributed by atoms with Crippen molar-refractivity contribution in [2.75, 3.05) is 10.2 Å². The van der Waals surface area contributed by atoms with Crippen LogP contribution in [0.4, 0.5) is 22.9 Å². The third-order valence-corrected chi connectivity index (χ3v) is 7.43. The summed E-state index contributed by atoms with van der Waals surface area (Å²) < 4.78 is 1.84. The second kappa shape index (κ2) is 9.38. The quantitative estimate of drug-likeness (QED) is 0.229. The number of nitrogens with one attached hydrogen (secondary N) is 1. The Labute approximate surface area is 237 Å². The number of phenolic OH excluding ortho intramolecular Hbond substituents is 2. The second-order valence-corrected chi connectivity index (χ2v) is 10.5. The molecule has 1 atom stereocenters. The summed E-state index contributed by atoms with van der Waals surface area (Å²) in [4.78, 5) is 12.4. The zero-order valence-electron chi connectivity index (χ0n) is 22.9. The standard InChI is InChI=1S/C33H28N6O2/c1-19-15-20(2)17-22(16-19)34-31-33-36-32-29(21(3)37-39(32)23-9-5-4-6-10-23)30(25-14-13-24(40)18-28(25)41)38(33)27-12-8-7-11-26(27)35-31/h4-18,30,40-41H,1-3H3,(H,34,35)/t30-/m1/s1. The first kappa shape index (κ1) is 24.7. The zero-order valence-corrected chi connectivity index (χ0v) is 22.9. The summed E-state index contributed by atoms with van der Waals surface area (Å²) in [5, 5.41) is 29.8. The maximum Gasteiger partial charge on any atom is 0.179 e. The van der Waals surface area contributed by atoms with Gasteiger partial charge in [0.25, 0.3) is 0 Å². The molecule has 8 nitrogen and oxygen atoms in total. The molecule has 0 saturated carbocycles. The summed E-state index contributed by atoms with van der Waals surface area (Å²) >= 11 is 0. The van der Waals surface area contributed by atoms with Gasteiger partial charge in [-0.05, 0) is 80.4 Å². The zero-order chi connectivity index (χ0) is 28.2. The lowest BCUT2D eigenvalue weighted by atomic mass is 9.92. The van der Waals surface area contributed by atoms with Crippen molar-refractivity contribution in [2.24, 2.45) is 9.98 Å². The molecule has 0 aliphatic carbocycles. The van der Waals surface area contributed by atoms with Crippen molar-refractivity contribution in [2.45, 2.75) is 26.8 Å². The van der Waals surface area contributed by atoms with E-state index in [-0.39, 0.29) is 11.5 Å². The van der Waals surface area contributed by atoms with Crippen LogP contribution >= 0.6 is 0 Å². The lowest BCUT2D eigenvalue weighted by Crippen LogP contribution is -2.46. The van der Waals surface area contributed by atoms with Crippen LogP contribution < -0.4 is 10.2 Å². The number of benzene rings is 4. The first-order valence-electron chi connectivity index (χ1n) is 13.5. The number of aromatic nitrogens is 2. The topological polar surface area (TPSA) is 98.3 Å². The molecule has 0 amide bonds. The second-order valence-electron chi connectivity index (χ2n) is 10.5. The Kier molecular flexibility index (Phi) is 5.64. The molecule has 1 aromatic heterocycles. The van der Waals surface area contributed by atoms with Crippen molar-refractivity contribution in [3.63, 3.8) is 0 Å².